The molecule has 0 radical (unpaired) electrons. The van der Waals surface area contributed by atoms with Crippen LogP contribution in [-0.4, -0.2) is 14.8 Å². The maximum absolute atomic E-state index is 13.2. The third kappa shape index (κ3) is 3.70. The fourth-order valence-corrected chi connectivity index (χ4v) is 4.43. The average Bonchev–Trinajstić information content (AvgIpc) is 3.11. The minimum Gasteiger partial charge on any atom is -0.306 e. The second-order valence-electron chi connectivity index (χ2n) is 7.47. The number of halogens is 3. The molecule has 1 unspecified atom stereocenters. The molecule has 0 fully saturated rings. The van der Waals surface area contributed by atoms with Crippen LogP contribution in [0.5, 0.6) is 0 Å². The quantitative estimate of drug-likeness (QED) is 0.572. The Kier molecular flexibility index (Phi) is 5.47. The van der Waals surface area contributed by atoms with Gasteiger partial charge in [0.05, 0.1) is 17.1 Å². The Morgan fingerprint density at radius 2 is 1.93 bits per heavy atom. The molecule has 0 saturated carbocycles. The predicted molar refractivity (Wildman–Crippen MR) is 115 cm³/mol. The van der Waals surface area contributed by atoms with Gasteiger partial charge in [-0.05, 0) is 59.7 Å². The fraction of sp³-hybridized carbons (Fsp3) is 0.273. The van der Waals surface area contributed by atoms with Crippen molar-refractivity contribution in [1.82, 2.24) is 20.1 Å². The zero-order valence-electron chi connectivity index (χ0n) is 15.7. The van der Waals surface area contributed by atoms with Gasteiger partial charge in [0.1, 0.15) is 12.1 Å². The van der Waals surface area contributed by atoms with Gasteiger partial charge in [-0.15, -0.1) is 34.2 Å². The first-order chi connectivity index (χ1) is 13.6. The molecule has 4 nitrogen and oxygen atoms in total. The normalized spacial score (nSPS) is 20.7. The smallest absolute Gasteiger partial charge is 0.151 e. The second-order valence-corrected chi connectivity index (χ2v) is 8.19. The highest BCUT2D eigenvalue weighted by molar-refractivity contribution is 6.24. The molecule has 7 heteroatoms. The van der Waals surface area contributed by atoms with E-state index in [1.54, 1.807) is 6.33 Å². The molecule has 2 aliphatic rings. The molecule has 5 rings (SSSR count). The number of hydrogen-bond donors (Lipinski definition) is 1. The fourth-order valence-electron chi connectivity index (χ4n) is 4.14. The van der Waals surface area contributed by atoms with E-state index in [9.17, 15) is 4.39 Å². The number of nitrogens with one attached hydrogen (secondary N) is 1. The van der Waals surface area contributed by atoms with Crippen molar-refractivity contribution in [3.05, 3.63) is 83.2 Å². The van der Waals surface area contributed by atoms with Crippen LogP contribution in [-0.2, 0) is 18.0 Å². The zero-order valence-corrected chi connectivity index (χ0v) is 17.3. The number of hydrogen-bond acceptors (Lipinski definition) is 3. The summed E-state index contributed by atoms with van der Waals surface area (Å²) in [5, 5.41) is 11.6. The molecule has 2 aromatic carbocycles. The van der Waals surface area contributed by atoms with Gasteiger partial charge in [0.2, 0.25) is 0 Å². The predicted octanol–water partition coefficient (Wildman–Crippen LogP) is 5.13. The summed E-state index contributed by atoms with van der Waals surface area (Å²) >= 11 is 7.08. The van der Waals surface area contributed by atoms with Crippen molar-refractivity contribution in [2.45, 2.75) is 37.2 Å². The Hall–Kier alpha value is -2.21. The lowest BCUT2D eigenvalue weighted by molar-refractivity contribution is 0.553. The second kappa shape index (κ2) is 7.90. The van der Waals surface area contributed by atoms with Crippen LogP contribution >= 0.6 is 24.0 Å². The number of alkyl halides is 1. The van der Waals surface area contributed by atoms with E-state index in [0.29, 0.717) is 6.54 Å². The highest BCUT2D eigenvalue weighted by Crippen LogP contribution is 2.45. The Bertz CT molecular complexity index is 1060. The van der Waals surface area contributed by atoms with E-state index in [0.717, 1.165) is 48.4 Å². The van der Waals surface area contributed by atoms with Gasteiger partial charge >= 0.3 is 0 Å². The summed E-state index contributed by atoms with van der Waals surface area (Å²) in [7, 11) is 0. The minimum atomic E-state index is -0.416. The third-order valence-corrected chi connectivity index (χ3v) is 6.31. The summed E-state index contributed by atoms with van der Waals surface area (Å²) < 4.78 is 15.2. The zero-order chi connectivity index (χ0) is 19.1. The molecular weight excluding hydrogens is 410 g/mol. The Morgan fingerprint density at radius 3 is 2.69 bits per heavy atom. The lowest BCUT2D eigenvalue weighted by Crippen LogP contribution is -2.22. The molecule has 2 heterocycles. The number of nitrogens with zero attached hydrogens (tertiary/aromatic N) is 3. The first-order valence-electron chi connectivity index (χ1n) is 9.50. The van der Waals surface area contributed by atoms with Crippen LogP contribution < -0.4 is 5.32 Å². The van der Waals surface area contributed by atoms with Crippen molar-refractivity contribution in [1.29, 1.82) is 0 Å². The number of aromatic nitrogens is 3. The van der Waals surface area contributed by atoms with Crippen LogP contribution in [0.15, 0.2) is 54.9 Å². The Labute approximate surface area is 180 Å². The molecule has 29 heavy (non-hydrogen) atoms. The molecule has 1 aliphatic carbocycles. The lowest BCUT2D eigenvalue weighted by atomic mass is 9.81. The Balaban J connectivity index is 0.00000205. The topological polar surface area (TPSA) is 42.7 Å². The maximum atomic E-state index is 13.2. The van der Waals surface area contributed by atoms with Crippen molar-refractivity contribution in [2.75, 3.05) is 0 Å². The first kappa shape index (κ1) is 20.1. The summed E-state index contributed by atoms with van der Waals surface area (Å²) in [5.74, 6) is 0.707. The van der Waals surface area contributed by atoms with E-state index in [2.05, 4.69) is 39.8 Å². The summed E-state index contributed by atoms with van der Waals surface area (Å²) in [6, 6.07) is 13.2. The van der Waals surface area contributed by atoms with Crippen LogP contribution in [0.1, 0.15) is 41.8 Å². The van der Waals surface area contributed by atoms with Crippen molar-refractivity contribution in [2.24, 2.45) is 0 Å². The molecule has 1 atom stereocenters. The van der Waals surface area contributed by atoms with Crippen molar-refractivity contribution in [3.8, 4) is 5.69 Å². The van der Waals surface area contributed by atoms with E-state index >= 15 is 0 Å². The van der Waals surface area contributed by atoms with Crippen LogP contribution in [0.25, 0.3) is 11.3 Å². The van der Waals surface area contributed by atoms with Gasteiger partial charge in [0.25, 0.3) is 0 Å². The van der Waals surface area contributed by atoms with Crippen molar-refractivity contribution in [3.63, 3.8) is 0 Å². The van der Waals surface area contributed by atoms with Crippen LogP contribution in [0.4, 0.5) is 4.39 Å². The average molecular weight is 431 g/mol. The molecule has 0 amide bonds. The van der Waals surface area contributed by atoms with E-state index in [1.807, 2.05) is 16.7 Å². The van der Waals surface area contributed by atoms with Gasteiger partial charge in [0.15, 0.2) is 5.82 Å². The van der Waals surface area contributed by atoms with Gasteiger partial charge in [-0.1, -0.05) is 30.3 Å². The molecular formula is C22H21Cl2FN4. The van der Waals surface area contributed by atoms with E-state index in [-0.39, 0.29) is 18.2 Å². The molecule has 1 aromatic heterocycles. The number of allylic oxidation sites excluding steroid dienone is 2. The number of benzene rings is 2. The van der Waals surface area contributed by atoms with Gasteiger partial charge in [-0.3, -0.25) is 4.57 Å². The molecule has 0 bridgehead atoms. The summed E-state index contributed by atoms with van der Waals surface area (Å²) in [5.41, 5.74) is 5.76. The monoisotopic (exact) mass is 430 g/mol. The van der Waals surface area contributed by atoms with E-state index in [1.165, 1.54) is 23.3 Å². The van der Waals surface area contributed by atoms with Crippen molar-refractivity contribution >= 4 is 29.6 Å². The number of fused-ring (bicyclic) bond motifs is 3. The molecule has 1 aliphatic heterocycles. The standard InChI is InChI=1S/C22H20ClFN4.ClH/c23-22(9-7-16(8-10-22)15-1-4-19(24)5-2-15)18-3-6-20-17(11-18)12-25-13-21-27-26-14-28(20)21;/h1-7,11,14,25H,8-10,12-13H2;1H. The van der Waals surface area contributed by atoms with E-state index < -0.39 is 4.87 Å². The summed E-state index contributed by atoms with van der Waals surface area (Å²) in [4.78, 5) is -0.416. The molecule has 1 N–H and O–H groups in total. The Morgan fingerprint density at radius 1 is 1.10 bits per heavy atom. The first-order valence-corrected chi connectivity index (χ1v) is 9.87. The molecule has 0 spiro atoms. The largest absolute Gasteiger partial charge is 0.306 e. The minimum absolute atomic E-state index is 0. The maximum Gasteiger partial charge on any atom is 0.151 e. The van der Waals surface area contributed by atoms with Crippen LogP contribution in [0.3, 0.4) is 0 Å². The number of rotatable bonds is 2. The van der Waals surface area contributed by atoms with Crippen molar-refractivity contribution < 1.29 is 4.39 Å². The van der Waals surface area contributed by atoms with Gasteiger partial charge in [0, 0.05) is 6.54 Å². The highest BCUT2D eigenvalue weighted by Gasteiger charge is 2.32. The summed E-state index contributed by atoms with van der Waals surface area (Å²) in [6.45, 7) is 1.47. The SMILES string of the molecule is Cl.Fc1ccc(C2=CCC(Cl)(c3ccc4c(c3)CNCc3nncn3-4)CC2)cc1. The highest BCUT2D eigenvalue weighted by atomic mass is 35.5. The van der Waals surface area contributed by atoms with Crippen LogP contribution in [0, 0.1) is 5.82 Å². The third-order valence-electron chi connectivity index (χ3n) is 5.75. The van der Waals surface area contributed by atoms with Gasteiger partial charge in [-0.2, -0.15) is 0 Å². The van der Waals surface area contributed by atoms with E-state index in [4.69, 9.17) is 11.6 Å². The molecule has 150 valence electrons. The lowest BCUT2D eigenvalue weighted by Gasteiger charge is -2.32. The molecule has 0 saturated heterocycles. The van der Waals surface area contributed by atoms with Gasteiger partial charge in [-0.25, -0.2) is 4.39 Å². The van der Waals surface area contributed by atoms with Gasteiger partial charge < -0.3 is 5.32 Å². The van der Waals surface area contributed by atoms with Crippen LogP contribution in [0.2, 0.25) is 0 Å². The molecule has 3 aromatic rings. The summed E-state index contributed by atoms with van der Waals surface area (Å²) in [6.07, 6.45) is 6.44.